The largest absolute Gasteiger partial charge is 0.455 e. The number of ether oxygens (including phenoxy) is 1. The summed E-state index contributed by atoms with van der Waals surface area (Å²) in [4.78, 5) is 22.0. The number of rotatable bonds is 6. The number of aliphatic hydroxyl groups is 1. The smallest absolute Gasteiger partial charge is 0.303 e. The van der Waals surface area contributed by atoms with Crippen LogP contribution in [0.2, 0.25) is 0 Å². The molecule has 98 valence electrons. The number of carbonyl (C=O) groups is 1. The van der Waals surface area contributed by atoms with E-state index in [1.807, 2.05) is 0 Å². The average molecular weight is 245 g/mol. The lowest BCUT2D eigenvalue weighted by Crippen LogP contribution is -2.49. The molecule has 1 unspecified atom stereocenters. The highest BCUT2D eigenvalue weighted by Crippen LogP contribution is 2.38. The van der Waals surface area contributed by atoms with E-state index in [2.05, 4.69) is 0 Å². The van der Waals surface area contributed by atoms with E-state index in [4.69, 9.17) is 9.84 Å². The Morgan fingerprint density at radius 3 is 2.53 bits per heavy atom. The maximum Gasteiger partial charge on any atom is 0.303 e. The van der Waals surface area contributed by atoms with Crippen molar-refractivity contribution in [3.8, 4) is 0 Å². The van der Waals surface area contributed by atoms with Crippen LogP contribution in [0.3, 0.4) is 0 Å². The van der Waals surface area contributed by atoms with Gasteiger partial charge in [0.2, 0.25) is 0 Å². The third kappa shape index (κ3) is 3.15. The van der Waals surface area contributed by atoms with Crippen molar-refractivity contribution in [3.63, 3.8) is 0 Å². The van der Waals surface area contributed by atoms with Crippen LogP contribution in [0.5, 0.6) is 0 Å². The van der Waals surface area contributed by atoms with Crippen molar-refractivity contribution in [2.24, 2.45) is 0 Å². The summed E-state index contributed by atoms with van der Waals surface area (Å²) in [5.74, 6) is -0.499. The first-order chi connectivity index (χ1) is 8.03. The zero-order chi connectivity index (χ0) is 12.9. The van der Waals surface area contributed by atoms with Gasteiger partial charge in [-0.3, -0.25) is 14.9 Å². The summed E-state index contributed by atoms with van der Waals surface area (Å²) in [6.07, 6.45) is 2.51. The van der Waals surface area contributed by atoms with Crippen LogP contribution in [0.4, 0.5) is 0 Å². The number of nitrogens with zero attached hydrogens (tertiary/aromatic N) is 1. The topological polar surface area (TPSA) is 89.7 Å². The van der Waals surface area contributed by atoms with Gasteiger partial charge >= 0.3 is 5.97 Å². The summed E-state index contributed by atoms with van der Waals surface area (Å²) in [5.41, 5.74) is -1.14. The normalized spacial score (nSPS) is 19.9. The summed E-state index contributed by atoms with van der Waals surface area (Å²) in [7, 11) is 0. The molecule has 6 heteroatoms. The van der Waals surface area contributed by atoms with E-state index in [9.17, 15) is 14.9 Å². The molecule has 1 fully saturated rings. The van der Waals surface area contributed by atoms with Crippen molar-refractivity contribution >= 4 is 5.97 Å². The Hall–Kier alpha value is -1.17. The van der Waals surface area contributed by atoms with Crippen LogP contribution in [0.15, 0.2) is 0 Å². The van der Waals surface area contributed by atoms with Crippen molar-refractivity contribution < 1.29 is 19.6 Å². The molecular formula is C11H19NO5. The van der Waals surface area contributed by atoms with Crippen LogP contribution in [0.1, 0.15) is 45.4 Å². The molecule has 0 aromatic rings. The summed E-state index contributed by atoms with van der Waals surface area (Å²) in [6, 6.07) is 0. The van der Waals surface area contributed by atoms with Gasteiger partial charge in [-0.1, -0.05) is 0 Å². The average Bonchev–Trinajstić information content (AvgIpc) is 2.73. The molecular weight excluding hydrogens is 226 g/mol. The zero-order valence-electron chi connectivity index (χ0n) is 10.1. The molecule has 0 heterocycles. The fourth-order valence-corrected chi connectivity index (χ4v) is 2.52. The molecule has 6 nitrogen and oxygen atoms in total. The van der Waals surface area contributed by atoms with E-state index in [1.54, 1.807) is 0 Å². The molecule has 0 amide bonds. The molecule has 0 aromatic heterocycles. The maximum absolute atomic E-state index is 11.3. The fourth-order valence-electron chi connectivity index (χ4n) is 2.52. The zero-order valence-corrected chi connectivity index (χ0v) is 10.1. The number of esters is 1. The molecule has 0 saturated heterocycles. The first-order valence-corrected chi connectivity index (χ1v) is 5.95. The predicted molar refractivity (Wildman–Crippen MR) is 60.1 cm³/mol. The molecule has 0 bridgehead atoms. The lowest BCUT2D eigenvalue weighted by atomic mass is 9.88. The Bertz CT molecular complexity index is 286. The van der Waals surface area contributed by atoms with E-state index in [0.717, 1.165) is 12.8 Å². The standard InChI is InChI=1S/C11H19NO5/c1-9(14)17-10(5-4-8-13)11(12(15)16)6-2-3-7-11/h10,13H,2-8H2,1H3. The van der Waals surface area contributed by atoms with E-state index < -0.39 is 17.6 Å². The Kier molecular flexibility index (Phi) is 4.86. The first-order valence-electron chi connectivity index (χ1n) is 5.95. The lowest BCUT2D eigenvalue weighted by molar-refractivity contribution is -0.581. The number of nitro groups is 1. The molecule has 1 aliphatic carbocycles. The molecule has 1 saturated carbocycles. The second-order valence-electron chi connectivity index (χ2n) is 4.53. The van der Waals surface area contributed by atoms with Crippen molar-refractivity contribution in [2.45, 2.75) is 57.1 Å². The summed E-state index contributed by atoms with van der Waals surface area (Å²) in [5, 5.41) is 20.1. The van der Waals surface area contributed by atoms with E-state index >= 15 is 0 Å². The third-order valence-electron chi connectivity index (χ3n) is 3.36. The summed E-state index contributed by atoms with van der Waals surface area (Å²) in [6.45, 7) is 1.21. The number of hydrogen-bond acceptors (Lipinski definition) is 5. The fraction of sp³-hybridized carbons (Fsp3) is 0.909. The molecule has 1 aliphatic rings. The molecule has 0 aliphatic heterocycles. The van der Waals surface area contributed by atoms with Gasteiger partial charge in [0.15, 0.2) is 6.10 Å². The molecule has 1 N–H and O–H groups in total. The van der Waals surface area contributed by atoms with Gasteiger partial charge in [0.05, 0.1) is 0 Å². The Labute approximate surface area is 100 Å². The predicted octanol–water partition coefficient (Wildman–Crippen LogP) is 1.28. The van der Waals surface area contributed by atoms with Gasteiger partial charge < -0.3 is 9.84 Å². The minimum atomic E-state index is -1.14. The second-order valence-corrected chi connectivity index (χ2v) is 4.53. The molecule has 1 atom stereocenters. The van der Waals surface area contributed by atoms with Crippen LogP contribution in [0.25, 0.3) is 0 Å². The van der Waals surface area contributed by atoms with Gasteiger partial charge in [0.1, 0.15) is 0 Å². The number of aliphatic hydroxyl groups excluding tert-OH is 1. The van der Waals surface area contributed by atoms with E-state index in [-0.39, 0.29) is 11.5 Å². The Balaban J connectivity index is 2.83. The number of carbonyl (C=O) groups excluding carboxylic acids is 1. The van der Waals surface area contributed by atoms with Crippen LogP contribution >= 0.6 is 0 Å². The van der Waals surface area contributed by atoms with Crippen LogP contribution in [-0.4, -0.2) is 34.2 Å². The quantitative estimate of drug-likeness (QED) is 0.432. The summed E-state index contributed by atoms with van der Waals surface area (Å²) < 4.78 is 5.11. The highest BCUT2D eigenvalue weighted by molar-refractivity contribution is 5.66. The van der Waals surface area contributed by atoms with Gasteiger partial charge in [0, 0.05) is 31.3 Å². The maximum atomic E-state index is 11.3. The van der Waals surface area contributed by atoms with Gasteiger partial charge in [-0.25, -0.2) is 0 Å². The number of hydrogen-bond donors (Lipinski definition) is 1. The minimum Gasteiger partial charge on any atom is -0.455 e. The first kappa shape index (κ1) is 13.9. The van der Waals surface area contributed by atoms with Crippen molar-refractivity contribution in [3.05, 3.63) is 10.1 Å². The highest BCUT2D eigenvalue weighted by Gasteiger charge is 2.53. The summed E-state index contributed by atoms with van der Waals surface area (Å²) >= 11 is 0. The van der Waals surface area contributed by atoms with Gasteiger partial charge in [-0.05, 0) is 25.7 Å². The lowest BCUT2D eigenvalue weighted by Gasteiger charge is -2.28. The van der Waals surface area contributed by atoms with E-state index in [0.29, 0.717) is 25.7 Å². The molecule has 17 heavy (non-hydrogen) atoms. The Morgan fingerprint density at radius 1 is 1.53 bits per heavy atom. The minimum absolute atomic E-state index is 0.0500. The van der Waals surface area contributed by atoms with Crippen molar-refractivity contribution in [1.82, 2.24) is 0 Å². The van der Waals surface area contributed by atoms with Crippen LogP contribution in [0, 0.1) is 10.1 Å². The third-order valence-corrected chi connectivity index (χ3v) is 3.36. The van der Waals surface area contributed by atoms with Crippen LogP contribution < -0.4 is 0 Å². The monoisotopic (exact) mass is 245 g/mol. The van der Waals surface area contributed by atoms with Gasteiger partial charge in [-0.15, -0.1) is 0 Å². The molecule has 1 rings (SSSR count). The van der Waals surface area contributed by atoms with Gasteiger partial charge in [-0.2, -0.15) is 0 Å². The van der Waals surface area contributed by atoms with E-state index in [1.165, 1.54) is 6.92 Å². The molecule has 0 radical (unpaired) electrons. The SMILES string of the molecule is CC(=O)OC(CCCO)C1([N+](=O)[O-])CCCC1. The van der Waals surface area contributed by atoms with Crippen molar-refractivity contribution in [2.75, 3.05) is 6.61 Å². The Morgan fingerprint density at radius 2 is 2.12 bits per heavy atom. The van der Waals surface area contributed by atoms with Crippen molar-refractivity contribution in [1.29, 1.82) is 0 Å². The van der Waals surface area contributed by atoms with Crippen LogP contribution in [-0.2, 0) is 9.53 Å². The highest BCUT2D eigenvalue weighted by atomic mass is 16.6. The van der Waals surface area contributed by atoms with Gasteiger partial charge in [0.25, 0.3) is 5.54 Å². The molecule has 0 spiro atoms. The second kappa shape index (κ2) is 5.95. The molecule has 0 aromatic carbocycles.